The zero-order chi connectivity index (χ0) is 83.3. The molecule has 0 aromatic heterocycles. The SMILES string of the molecule is CC(C)N1C2CCC1CC2.CC(C)N1CC2(CCC2)C1.CC(C)N1CC2(CCCC2)C1.CC(C)N1CC2CCC1C2.CC(C)N1CCC1.CC(C)N1CCC2(CC1)CC2.CC(C)N1CCC2(CC2)C1.CC(C)N1CCC2(CCC2)C1.CC(C)N1CCCC1.CC(C)N1CCCCC1.CC(C)N1CCOCC1.CN1CCC2CCCC21. The maximum absolute atomic E-state index is 5.21. The van der Waals surface area contributed by atoms with Gasteiger partial charge in [0.1, 0.15) is 0 Å². The van der Waals surface area contributed by atoms with Crippen molar-refractivity contribution in [2.75, 3.05) is 151 Å². The van der Waals surface area contributed by atoms with E-state index in [2.05, 4.69) is 218 Å². The largest absolute Gasteiger partial charge is 0.379 e. The van der Waals surface area contributed by atoms with Gasteiger partial charge in [-0.15, -0.1) is 0 Å². The minimum absolute atomic E-state index is 0.689. The highest BCUT2D eigenvalue weighted by Gasteiger charge is 2.51. The lowest BCUT2D eigenvalue weighted by Gasteiger charge is -2.57. The number of ether oxygens (including phenoxy) is 1. The van der Waals surface area contributed by atoms with E-state index in [1.54, 1.807) is 0 Å². The van der Waals surface area contributed by atoms with E-state index < -0.39 is 0 Å². The van der Waals surface area contributed by atoms with E-state index >= 15 is 0 Å². The van der Waals surface area contributed by atoms with Crippen LogP contribution in [-0.4, -0.2) is 301 Å². The Morgan fingerprint density at radius 2 is 0.591 bits per heavy atom. The monoisotopic (exact) mass is 1610 g/mol. The van der Waals surface area contributed by atoms with Crippen LogP contribution in [-0.2, 0) is 4.74 Å². The predicted octanol–water partition coefficient (Wildman–Crippen LogP) is 21.2. The van der Waals surface area contributed by atoms with E-state index in [0.717, 1.165) is 150 Å². The van der Waals surface area contributed by atoms with Gasteiger partial charge in [-0.3, -0.25) is 24.5 Å². The lowest BCUT2D eigenvalue weighted by Crippen LogP contribution is -2.61. The lowest BCUT2D eigenvalue weighted by atomic mass is 9.63. The van der Waals surface area contributed by atoms with Crippen LogP contribution in [0.15, 0.2) is 0 Å². The Labute approximate surface area is 717 Å². The van der Waals surface area contributed by atoms with E-state index in [0.29, 0.717) is 6.04 Å². The molecule has 4 unspecified atom stereocenters. The summed E-state index contributed by atoms with van der Waals surface area (Å²) in [7, 11) is 2.27. The van der Waals surface area contributed by atoms with Crippen LogP contribution in [0.4, 0.5) is 0 Å². The summed E-state index contributed by atoms with van der Waals surface area (Å²) >= 11 is 0. The molecule has 13 saturated heterocycles. The van der Waals surface area contributed by atoms with Crippen molar-refractivity contribution in [1.82, 2.24) is 58.8 Å². The van der Waals surface area contributed by atoms with Crippen molar-refractivity contribution in [3.63, 3.8) is 0 Å². The van der Waals surface area contributed by atoms with E-state index in [1.165, 1.54) is 343 Å². The van der Waals surface area contributed by atoms with Crippen LogP contribution in [0.2, 0.25) is 0 Å². The quantitative estimate of drug-likeness (QED) is 0.198. The number of rotatable bonds is 11. The zero-order valence-corrected chi connectivity index (χ0v) is 81.4. The van der Waals surface area contributed by atoms with Gasteiger partial charge in [-0.1, -0.05) is 38.5 Å². The Morgan fingerprint density at radius 3 is 0.870 bits per heavy atom. The molecule has 4 bridgehead atoms. The van der Waals surface area contributed by atoms with Gasteiger partial charge in [-0.05, 0) is 456 Å². The van der Waals surface area contributed by atoms with Gasteiger partial charge in [0.05, 0.1) is 13.2 Å². The topological polar surface area (TPSA) is 48.1 Å². The minimum atomic E-state index is 0.689. The van der Waals surface area contributed by atoms with Crippen LogP contribution in [0.5, 0.6) is 0 Å². The first kappa shape index (κ1) is 98.3. The molecule has 13 aliphatic heterocycles. The molecule has 20 rings (SSSR count). The first-order chi connectivity index (χ1) is 54.7. The molecule has 0 radical (unpaired) electrons. The number of hydrogen-bond acceptors (Lipinski definition) is 13. The maximum atomic E-state index is 5.21. The van der Waals surface area contributed by atoms with Crippen molar-refractivity contribution in [2.24, 2.45) is 38.9 Å². The molecular weight excluding hydrogens is 1410 g/mol. The Bertz CT molecular complexity index is 2530. The van der Waals surface area contributed by atoms with Crippen molar-refractivity contribution >= 4 is 0 Å². The molecule has 7 aliphatic carbocycles. The molecule has 0 aromatic rings. The molecule has 20 fully saturated rings. The molecule has 13 heterocycles. The normalized spacial score (nSPS) is 30.7. The summed E-state index contributed by atoms with van der Waals surface area (Å²) in [5.41, 5.74) is 4.09. The summed E-state index contributed by atoms with van der Waals surface area (Å²) in [6, 6.07) is 12.3. The van der Waals surface area contributed by atoms with Crippen LogP contribution in [0.1, 0.15) is 377 Å². The van der Waals surface area contributed by atoms with Crippen LogP contribution in [0.3, 0.4) is 0 Å². The van der Waals surface area contributed by atoms with Gasteiger partial charge in [0.25, 0.3) is 0 Å². The van der Waals surface area contributed by atoms with Crippen LogP contribution in [0, 0.1) is 38.9 Å². The highest BCUT2D eigenvalue weighted by molar-refractivity contribution is 5.04. The number of hydrogen-bond donors (Lipinski definition) is 0. The van der Waals surface area contributed by atoms with Gasteiger partial charge in [0.15, 0.2) is 0 Å². The first-order valence-electron chi connectivity index (χ1n) is 51.2. The van der Waals surface area contributed by atoms with Crippen molar-refractivity contribution < 1.29 is 4.74 Å². The van der Waals surface area contributed by atoms with Gasteiger partial charge in [0.2, 0.25) is 0 Å². The average molecular weight is 1610 g/mol. The Kier molecular flexibility index (Phi) is 40.3. The third-order valence-electron chi connectivity index (χ3n) is 33.7. The Morgan fingerprint density at radius 1 is 0.243 bits per heavy atom. The predicted molar refractivity (Wildman–Crippen MR) is 499 cm³/mol. The number of piperidine rings is 3. The molecule has 674 valence electrons. The van der Waals surface area contributed by atoms with Crippen LogP contribution >= 0.6 is 0 Å². The zero-order valence-electron chi connectivity index (χ0n) is 81.4. The number of fused-ring (bicyclic) bond motifs is 5. The minimum Gasteiger partial charge on any atom is -0.379 e. The maximum Gasteiger partial charge on any atom is 0.0594 e. The molecule has 0 amide bonds. The Balaban J connectivity index is 0.000000144. The van der Waals surface area contributed by atoms with E-state index in [4.69, 9.17) is 4.74 Å². The van der Waals surface area contributed by atoms with Crippen molar-refractivity contribution in [1.29, 1.82) is 0 Å². The summed E-state index contributed by atoms with van der Waals surface area (Å²) < 4.78 is 5.21. The molecule has 20 aliphatic rings. The molecule has 0 N–H and O–H groups in total. The molecule has 13 heteroatoms. The molecule has 13 nitrogen and oxygen atoms in total. The van der Waals surface area contributed by atoms with Crippen molar-refractivity contribution in [3.05, 3.63) is 0 Å². The first-order valence-corrected chi connectivity index (χ1v) is 51.2. The van der Waals surface area contributed by atoms with Gasteiger partial charge in [-0.25, -0.2) is 0 Å². The average Bonchev–Trinajstić information content (AvgIpc) is 1.66. The standard InChI is InChI=1S/3C10H19N.4C9H17N.C8H15N.C8H17N.C7H15NO.C7H15N.C6H13N/c1-9(2)11-7-5-10(3-4-10)6-8-11;1-9(2)11-7-6-10(8-11)4-3-5-10;1-9(2)11-7-10(8-11)5-3-4-6-10;1-7(2)10-6-8-3-4-9(10)5-8;1-8(2)10-6-5-9(7-10)3-4-9;1-7(2)10-8-3-4-9(10)6-5-8;1-8(2)10-6-9(7-10)4-3-5-9;1-9-6-5-7-3-2-4-8(7)9;1-8(2)9-6-4-3-5-7-9;1-7(2)8-3-5-9-6-4-8;1-7(2)8-5-3-4-6-8;1-6(2)7-4-3-5-7/h3*9H,3-8H2,1-2H3;7-9H,3-6H2,1-2H3;8H,3-7H2,1-2H3;7-9H,3-6H2,1-2H3;8H,3-7H2,1-2H3;7-8H,2-6H2,1H3;8H,3-7H2,1-2H3;7H,3-6H2,1-2H3;7H,3-6H2,1-2H3;6H,3-5H2,1-2H3. The number of likely N-dealkylation sites (tertiary alicyclic amines) is 10. The summed E-state index contributed by atoms with van der Waals surface area (Å²) in [5, 5.41) is 0. The second-order valence-electron chi connectivity index (χ2n) is 45.6. The molecule has 5 spiro atoms. The molecule has 0 aromatic carbocycles. The molecule has 115 heavy (non-hydrogen) atoms. The summed E-state index contributed by atoms with van der Waals surface area (Å²) in [5.74, 6) is 2.14. The smallest absolute Gasteiger partial charge is 0.0594 e. The van der Waals surface area contributed by atoms with Crippen molar-refractivity contribution in [3.8, 4) is 0 Å². The number of morpholine rings is 1. The van der Waals surface area contributed by atoms with Crippen molar-refractivity contribution in [2.45, 2.75) is 468 Å². The molecule has 4 atom stereocenters. The van der Waals surface area contributed by atoms with E-state index in [9.17, 15) is 0 Å². The summed E-state index contributed by atoms with van der Waals surface area (Å²) in [4.78, 5) is 31.0. The lowest BCUT2D eigenvalue weighted by molar-refractivity contribution is -0.0758. The Hall–Kier alpha value is -0.520. The third-order valence-corrected chi connectivity index (χ3v) is 33.7. The van der Waals surface area contributed by atoms with E-state index in [1.807, 2.05) is 0 Å². The summed E-state index contributed by atoms with van der Waals surface area (Å²) in [6.45, 7) is 79.0. The molecular formula is C102H200N12O. The fraction of sp³-hybridized carbons (Fsp3) is 1.00. The van der Waals surface area contributed by atoms with Crippen LogP contribution in [0.25, 0.3) is 0 Å². The van der Waals surface area contributed by atoms with Gasteiger partial charge >= 0.3 is 0 Å². The second-order valence-corrected chi connectivity index (χ2v) is 45.6. The van der Waals surface area contributed by atoms with Gasteiger partial charge < -0.3 is 39.0 Å². The number of nitrogens with zero attached hydrogens (tertiary/aromatic N) is 12. The fourth-order valence-corrected chi connectivity index (χ4v) is 24.0. The highest BCUT2D eigenvalue weighted by atomic mass is 16.5. The van der Waals surface area contributed by atoms with Gasteiger partial charge in [-0.2, -0.15) is 0 Å². The van der Waals surface area contributed by atoms with Gasteiger partial charge in [0, 0.05) is 150 Å². The second kappa shape index (κ2) is 47.2. The third kappa shape index (κ3) is 30.4. The molecule has 7 saturated carbocycles. The van der Waals surface area contributed by atoms with Crippen LogP contribution < -0.4 is 0 Å². The fourth-order valence-electron chi connectivity index (χ4n) is 24.0. The van der Waals surface area contributed by atoms with E-state index in [-0.39, 0.29) is 0 Å². The summed E-state index contributed by atoms with van der Waals surface area (Å²) in [6.07, 6.45) is 51.9. The highest BCUT2D eigenvalue weighted by Crippen LogP contribution is 2.55.